The number of carbonyl (C=O) groups excluding carboxylic acids is 1. The zero-order chi connectivity index (χ0) is 20.4. The summed E-state index contributed by atoms with van der Waals surface area (Å²) in [6.07, 6.45) is 0. The molecule has 0 aliphatic heterocycles. The van der Waals surface area contributed by atoms with Gasteiger partial charge >= 0.3 is 0 Å². The molecular weight excluding hydrogens is 445 g/mol. The maximum atomic E-state index is 13.9. The van der Waals surface area contributed by atoms with Crippen LogP contribution in [0.1, 0.15) is 0 Å². The lowest BCUT2D eigenvalue weighted by Crippen LogP contribution is -2.23. The molecule has 0 saturated carbocycles. The van der Waals surface area contributed by atoms with E-state index in [1.54, 1.807) is 6.07 Å². The van der Waals surface area contributed by atoms with Gasteiger partial charge in [0.15, 0.2) is 10.9 Å². The van der Waals surface area contributed by atoms with Crippen molar-refractivity contribution in [2.24, 2.45) is 5.73 Å². The van der Waals surface area contributed by atoms with Crippen molar-refractivity contribution in [2.75, 3.05) is 12.3 Å². The van der Waals surface area contributed by atoms with Crippen LogP contribution in [-0.4, -0.2) is 27.6 Å². The number of nitrogens with zero attached hydrogens (tertiary/aromatic N) is 2. The summed E-state index contributed by atoms with van der Waals surface area (Å²) in [6.45, 7) is -0.0867. The lowest BCUT2D eigenvalue weighted by Gasteiger charge is -2.12. The Morgan fingerprint density at radius 3 is 2.63 bits per heavy atom. The first-order valence-electron chi connectivity index (χ1n) is 8.78. The van der Waals surface area contributed by atoms with E-state index >= 15 is 0 Å². The SMILES string of the molecule is Cl.NCC(=O)CSc1nc2scc(-c3ccccc3)c2c(=O)n1-c1cccc(F)c1. The van der Waals surface area contributed by atoms with Crippen molar-refractivity contribution in [2.45, 2.75) is 5.16 Å². The van der Waals surface area contributed by atoms with Gasteiger partial charge in [0, 0.05) is 10.9 Å². The lowest BCUT2D eigenvalue weighted by atomic mass is 10.1. The average Bonchev–Trinajstić information content (AvgIpc) is 3.17. The number of hydrogen-bond donors (Lipinski definition) is 1. The second-order valence-corrected chi connectivity index (χ2v) is 8.04. The van der Waals surface area contributed by atoms with Crippen LogP contribution in [0.5, 0.6) is 0 Å². The summed E-state index contributed by atoms with van der Waals surface area (Å²) in [6, 6.07) is 15.3. The quantitative estimate of drug-likeness (QED) is 0.342. The van der Waals surface area contributed by atoms with Crippen molar-refractivity contribution in [3.8, 4) is 16.8 Å². The molecule has 0 atom stereocenters. The van der Waals surface area contributed by atoms with E-state index in [0.717, 1.165) is 22.9 Å². The average molecular weight is 462 g/mol. The fourth-order valence-electron chi connectivity index (χ4n) is 2.95. The van der Waals surface area contributed by atoms with Crippen LogP contribution in [0, 0.1) is 5.82 Å². The maximum absolute atomic E-state index is 13.9. The van der Waals surface area contributed by atoms with Gasteiger partial charge in [0.05, 0.1) is 23.4 Å². The number of halogens is 2. The van der Waals surface area contributed by atoms with E-state index in [1.165, 1.54) is 34.1 Å². The molecule has 0 unspecified atom stereocenters. The number of Topliss-reactive ketones (excluding diaryl/α,β-unsaturated/α-hetero) is 1. The Balaban J connectivity index is 0.00000256. The number of hydrogen-bond acceptors (Lipinski definition) is 6. The van der Waals surface area contributed by atoms with E-state index in [4.69, 9.17) is 5.73 Å². The summed E-state index contributed by atoms with van der Waals surface area (Å²) in [5.41, 5.74) is 7.14. The highest BCUT2D eigenvalue weighted by atomic mass is 35.5. The number of carbonyl (C=O) groups is 1. The molecule has 0 radical (unpaired) electrons. The van der Waals surface area contributed by atoms with Crippen molar-refractivity contribution in [1.29, 1.82) is 0 Å². The molecule has 0 spiro atoms. The summed E-state index contributed by atoms with van der Waals surface area (Å²) in [7, 11) is 0. The first-order chi connectivity index (χ1) is 14.1. The van der Waals surface area contributed by atoms with Gasteiger partial charge in [-0.05, 0) is 23.8 Å². The maximum Gasteiger partial charge on any atom is 0.268 e. The summed E-state index contributed by atoms with van der Waals surface area (Å²) in [5.74, 6) is -0.538. The Bertz CT molecular complexity index is 1260. The molecule has 2 N–H and O–H groups in total. The summed E-state index contributed by atoms with van der Waals surface area (Å²) >= 11 is 2.48. The Morgan fingerprint density at radius 1 is 1.17 bits per heavy atom. The van der Waals surface area contributed by atoms with E-state index in [0.29, 0.717) is 21.1 Å². The van der Waals surface area contributed by atoms with Crippen LogP contribution in [0.3, 0.4) is 0 Å². The number of nitrogens with two attached hydrogens (primary N) is 1. The van der Waals surface area contributed by atoms with Crippen molar-refractivity contribution in [3.05, 3.63) is 76.1 Å². The molecule has 4 rings (SSSR count). The van der Waals surface area contributed by atoms with Gasteiger partial charge in [0.25, 0.3) is 5.56 Å². The van der Waals surface area contributed by atoms with Crippen molar-refractivity contribution in [3.63, 3.8) is 0 Å². The second-order valence-electron chi connectivity index (χ2n) is 6.24. The first-order valence-corrected chi connectivity index (χ1v) is 10.6. The number of fused-ring (bicyclic) bond motifs is 1. The number of ketones is 1. The summed E-state index contributed by atoms with van der Waals surface area (Å²) < 4.78 is 15.2. The monoisotopic (exact) mass is 461 g/mol. The van der Waals surface area contributed by atoms with Gasteiger partial charge < -0.3 is 5.73 Å². The molecule has 5 nitrogen and oxygen atoms in total. The van der Waals surface area contributed by atoms with E-state index in [-0.39, 0.29) is 36.0 Å². The van der Waals surface area contributed by atoms with Crippen LogP contribution >= 0.6 is 35.5 Å². The Kier molecular flexibility index (Phi) is 7.04. The Labute approximate surface area is 186 Å². The highest BCUT2D eigenvalue weighted by molar-refractivity contribution is 7.99. The second kappa shape index (κ2) is 9.53. The Hall–Kier alpha value is -2.52. The normalized spacial score (nSPS) is 10.7. The fraction of sp³-hybridized carbons (Fsp3) is 0.0952. The van der Waals surface area contributed by atoms with Crippen molar-refractivity contribution in [1.82, 2.24) is 9.55 Å². The minimum Gasteiger partial charge on any atom is -0.324 e. The summed E-state index contributed by atoms with van der Waals surface area (Å²) in [4.78, 5) is 30.4. The third-order valence-electron chi connectivity index (χ3n) is 4.32. The van der Waals surface area contributed by atoms with Crippen LogP contribution in [0.4, 0.5) is 4.39 Å². The number of thioether (sulfide) groups is 1. The molecule has 0 saturated heterocycles. The topological polar surface area (TPSA) is 78.0 Å². The molecule has 0 aliphatic rings. The predicted molar refractivity (Wildman–Crippen MR) is 123 cm³/mol. The minimum atomic E-state index is -0.461. The van der Waals surface area contributed by atoms with Crippen LogP contribution in [0.15, 0.2) is 69.9 Å². The van der Waals surface area contributed by atoms with Gasteiger partial charge in [-0.2, -0.15) is 0 Å². The fourth-order valence-corrected chi connectivity index (χ4v) is 4.82. The van der Waals surface area contributed by atoms with Crippen molar-refractivity contribution < 1.29 is 9.18 Å². The molecule has 0 bridgehead atoms. The molecule has 4 aromatic rings. The van der Waals surface area contributed by atoms with Crippen LogP contribution in [0.25, 0.3) is 27.0 Å². The molecule has 0 amide bonds. The lowest BCUT2D eigenvalue weighted by molar-refractivity contribution is -0.115. The van der Waals surface area contributed by atoms with E-state index < -0.39 is 5.82 Å². The number of benzene rings is 2. The number of rotatable bonds is 6. The zero-order valence-electron chi connectivity index (χ0n) is 15.6. The predicted octanol–water partition coefficient (Wildman–Crippen LogP) is 4.30. The van der Waals surface area contributed by atoms with E-state index in [9.17, 15) is 14.0 Å². The molecule has 2 aromatic carbocycles. The zero-order valence-corrected chi connectivity index (χ0v) is 18.0. The smallest absolute Gasteiger partial charge is 0.268 e. The molecular formula is C21H17ClFN3O2S2. The molecule has 30 heavy (non-hydrogen) atoms. The van der Waals surface area contributed by atoms with Gasteiger partial charge in [0.1, 0.15) is 10.6 Å². The highest BCUT2D eigenvalue weighted by Crippen LogP contribution is 2.32. The highest BCUT2D eigenvalue weighted by Gasteiger charge is 2.19. The van der Waals surface area contributed by atoms with Gasteiger partial charge in [-0.3, -0.25) is 14.2 Å². The third kappa shape index (κ3) is 4.32. The number of thiophene rings is 1. The van der Waals surface area contributed by atoms with Crippen LogP contribution in [0.2, 0.25) is 0 Å². The standard InChI is InChI=1S/C21H16FN3O2S2.ClH/c22-14-7-4-8-15(9-14)25-20(27)18-17(13-5-2-1-3-6-13)12-28-19(18)24-21(25)29-11-16(26)10-23;/h1-9,12H,10-11,23H2;1H. The Morgan fingerprint density at radius 2 is 1.93 bits per heavy atom. The van der Waals surface area contributed by atoms with Gasteiger partial charge in [0.2, 0.25) is 0 Å². The minimum absolute atomic E-state index is 0. The molecule has 0 fully saturated rings. The molecule has 154 valence electrons. The van der Waals surface area contributed by atoms with Crippen molar-refractivity contribution >= 4 is 51.5 Å². The van der Waals surface area contributed by atoms with Crippen LogP contribution in [-0.2, 0) is 4.79 Å². The van der Waals surface area contributed by atoms with Gasteiger partial charge in [-0.25, -0.2) is 9.37 Å². The van der Waals surface area contributed by atoms with E-state index in [1.807, 2.05) is 35.7 Å². The van der Waals surface area contributed by atoms with Gasteiger partial charge in [-0.15, -0.1) is 23.7 Å². The number of aromatic nitrogens is 2. The first kappa shape index (κ1) is 22.2. The van der Waals surface area contributed by atoms with Crippen LogP contribution < -0.4 is 11.3 Å². The van der Waals surface area contributed by atoms with E-state index in [2.05, 4.69) is 4.98 Å². The summed E-state index contributed by atoms with van der Waals surface area (Å²) in [5, 5.41) is 2.69. The largest absolute Gasteiger partial charge is 0.324 e. The third-order valence-corrected chi connectivity index (χ3v) is 6.19. The molecule has 0 aliphatic carbocycles. The molecule has 2 heterocycles. The molecule has 9 heteroatoms. The van der Waals surface area contributed by atoms with Gasteiger partial charge in [-0.1, -0.05) is 48.2 Å². The molecule has 2 aromatic heterocycles.